The quantitative estimate of drug-likeness (QED) is 0.655. The summed E-state index contributed by atoms with van der Waals surface area (Å²) in [6.07, 6.45) is 0. The van der Waals surface area contributed by atoms with Gasteiger partial charge in [-0.1, -0.05) is 19.1 Å². The maximum Gasteiger partial charge on any atom is 0.308 e. The lowest BCUT2D eigenvalue weighted by molar-refractivity contribution is -0.388. The summed E-state index contributed by atoms with van der Waals surface area (Å²) in [5.41, 5.74) is 0.0753. The molecule has 0 bridgehead atoms. The van der Waals surface area contributed by atoms with Crippen LogP contribution in [-0.2, 0) is 14.8 Å². The molecule has 0 unspecified atom stereocenters. The van der Waals surface area contributed by atoms with Crippen LogP contribution in [0.3, 0.4) is 0 Å². The van der Waals surface area contributed by atoms with Crippen LogP contribution in [-0.4, -0.2) is 41.8 Å². The molecular formula is C14H18N2O6S. The van der Waals surface area contributed by atoms with Gasteiger partial charge in [0.25, 0.3) is 5.69 Å². The molecule has 1 saturated heterocycles. The Kier molecular flexibility index (Phi) is 4.45. The summed E-state index contributed by atoms with van der Waals surface area (Å²) >= 11 is 0. The minimum atomic E-state index is -4.14. The van der Waals surface area contributed by atoms with Crippen LogP contribution in [0.25, 0.3) is 0 Å². The molecule has 1 aromatic rings. The first-order valence-corrected chi connectivity index (χ1v) is 8.49. The molecule has 0 saturated carbocycles. The molecule has 0 radical (unpaired) electrons. The highest BCUT2D eigenvalue weighted by Crippen LogP contribution is 2.36. The van der Waals surface area contributed by atoms with Crippen molar-refractivity contribution in [2.75, 3.05) is 13.1 Å². The Morgan fingerprint density at radius 1 is 1.30 bits per heavy atom. The Hall–Kier alpha value is -2.00. The van der Waals surface area contributed by atoms with Crippen LogP contribution in [0, 0.1) is 35.8 Å². The van der Waals surface area contributed by atoms with Gasteiger partial charge in [0.2, 0.25) is 10.0 Å². The van der Waals surface area contributed by atoms with Crippen LogP contribution in [0.5, 0.6) is 0 Å². The molecular weight excluding hydrogens is 324 g/mol. The second-order valence-corrected chi connectivity index (χ2v) is 7.75. The van der Waals surface area contributed by atoms with Crippen LogP contribution in [0.15, 0.2) is 17.0 Å². The zero-order valence-electron chi connectivity index (χ0n) is 13.0. The Morgan fingerprint density at radius 3 is 2.35 bits per heavy atom. The number of sulfonamides is 1. The summed E-state index contributed by atoms with van der Waals surface area (Å²) in [4.78, 5) is 21.5. The second kappa shape index (κ2) is 5.89. The number of carboxylic acids is 1. The van der Waals surface area contributed by atoms with Gasteiger partial charge >= 0.3 is 5.97 Å². The number of carboxylic acid groups (broad SMARTS) is 1. The zero-order valence-corrected chi connectivity index (χ0v) is 13.8. The van der Waals surface area contributed by atoms with Crippen molar-refractivity contribution in [3.63, 3.8) is 0 Å². The summed E-state index contributed by atoms with van der Waals surface area (Å²) < 4.78 is 26.8. The molecule has 2 rings (SSSR count). The van der Waals surface area contributed by atoms with E-state index in [1.807, 2.05) is 0 Å². The van der Waals surface area contributed by atoms with Gasteiger partial charge < -0.3 is 5.11 Å². The van der Waals surface area contributed by atoms with Crippen LogP contribution >= 0.6 is 0 Å². The summed E-state index contributed by atoms with van der Waals surface area (Å²) in [5, 5.41) is 20.5. The lowest BCUT2D eigenvalue weighted by Crippen LogP contribution is -2.31. The normalized spacial score (nSPS) is 22.2. The molecule has 1 N–H and O–H groups in total. The maximum atomic E-state index is 12.9. The topological polar surface area (TPSA) is 118 Å². The van der Waals surface area contributed by atoms with E-state index < -0.39 is 32.5 Å². The van der Waals surface area contributed by atoms with Gasteiger partial charge in [-0.15, -0.1) is 0 Å². The number of carbonyl (C=O) groups is 1. The van der Waals surface area contributed by atoms with Gasteiger partial charge in [0, 0.05) is 18.7 Å². The Morgan fingerprint density at radius 2 is 1.87 bits per heavy atom. The Bertz CT molecular complexity index is 774. The second-order valence-electron chi connectivity index (χ2n) is 5.88. The van der Waals surface area contributed by atoms with Crippen molar-refractivity contribution in [2.24, 2.45) is 11.8 Å². The fraction of sp³-hybridized carbons (Fsp3) is 0.500. The van der Waals surface area contributed by atoms with Crippen LogP contribution in [0.1, 0.15) is 18.1 Å². The molecule has 0 spiro atoms. The van der Waals surface area contributed by atoms with E-state index in [-0.39, 0.29) is 35.0 Å². The summed E-state index contributed by atoms with van der Waals surface area (Å²) in [6, 6.07) is 3.02. The van der Waals surface area contributed by atoms with Gasteiger partial charge in [0.1, 0.15) is 0 Å². The van der Waals surface area contributed by atoms with Crippen molar-refractivity contribution in [3.8, 4) is 0 Å². The van der Waals surface area contributed by atoms with Crippen molar-refractivity contribution in [3.05, 3.63) is 33.4 Å². The molecule has 2 atom stereocenters. The highest BCUT2D eigenvalue weighted by Gasteiger charge is 2.43. The number of benzene rings is 1. The number of aryl methyl sites for hydroxylation is 2. The molecule has 1 aliphatic rings. The van der Waals surface area contributed by atoms with Gasteiger partial charge in [-0.05, 0) is 25.3 Å². The molecule has 0 aliphatic carbocycles. The first-order valence-electron chi connectivity index (χ1n) is 7.05. The number of hydrogen-bond donors (Lipinski definition) is 1. The highest BCUT2D eigenvalue weighted by atomic mass is 32.2. The van der Waals surface area contributed by atoms with E-state index in [0.717, 1.165) is 4.31 Å². The predicted molar refractivity (Wildman–Crippen MR) is 81.6 cm³/mol. The van der Waals surface area contributed by atoms with Crippen molar-refractivity contribution in [2.45, 2.75) is 25.7 Å². The largest absolute Gasteiger partial charge is 0.481 e. The van der Waals surface area contributed by atoms with Gasteiger partial charge in [-0.2, -0.15) is 4.31 Å². The molecule has 8 nitrogen and oxygen atoms in total. The third kappa shape index (κ3) is 2.93. The maximum absolute atomic E-state index is 12.9. The monoisotopic (exact) mass is 342 g/mol. The van der Waals surface area contributed by atoms with E-state index in [2.05, 4.69) is 0 Å². The van der Waals surface area contributed by atoms with E-state index in [1.54, 1.807) is 6.92 Å². The number of nitro groups is 1. The molecule has 0 aromatic heterocycles. The average molecular weight is 342 g/mol. The van der Waals surface area contributed by atoms with E-state index >= 15 is 0 Å². The third-order valence-corrected chi connectivity index (χ3v) is 6.22. The van der Waals surface area contributed by atoms with Crippen LogP contribution < -0.4 is 0 Å². The van der Waals surface area contributed by atoms with Crippen molar-refractivity contribution >= 4 is 21.7 Å². The van der Waals surface area contributed by atoms with Crippen LogP contribution in [0.4, 0.5) is 5.69 Å². The number of rotatable bonds is 4. The van der Waals surface area contributed by atoms with Crippen molar-refractivity contribution in [1.29, 1.82) is 0 Å². The number of nitrogens with zero attached hydrogens (tertiary/aromatic N) is 2. The van der Waals surface area contributed by atoms with Crippen LogP contribution in [0.2, 0.25) is 0 Å². The molecule has 1 aliphatic heterocycles. The summed E-state index contributed by atoms with van der Waals surface area (Å²) in [7, 11) is -4.14. The summed E-state index contributed by atoms with van der Waals surface area (Å²) in [5.74, 6) is -2.23. The van der Waals surface area contributed by atoms with Gasteiger partial charge in [0.15, 0.2) is 4.90 Å². The standard InChI is InChI=1S/C14H18N2O6S/c1-8-4-5-9(2)13(12(8)16(19)20)23(21,22)15-6-10(3)11(7-15)14(17)18/h4-5,10-11H,6-7H2,1-3H3,(H,17,18)/t10-,11-/m1/s1. The fourth-order valence-corrected chi connectivity index (χ4v) is 4.89. The molecule has 1 aromatic carbocycles. The van der Waals surface area contributed by atoms with Gasteiger partial charge in [0.05, 0.1) is 10.8 Å². The first-order chi connectivity index (χ1) is 10.6. The average Bonchev–Trinajstić information content (AvgIpc) is 2.83. The minimum Gasteiger partial charge on any atom is -0.481 e. The third-order valence-electron chi connectivity index (χ3n) is 4.21. The van der Waals surface area contributed by atoms with Gasteiger partial charge in [-0.3, -0.25) is 14.9 Å². The first kappa shape index (κ1) is 17.4. The summed E-state index contributed by atoms with van der Waals surface area (Å²) in [6.45, 7) is 4.48. The smallest absolute Gasteiger partial charge is 0.308 e. The molecule has 0 amide bonds. The number of aliphatic carboxylic acids is 1. The van der Waals surface area contributed by atoms with Gasteiger partial charge in [-0.25, -0.2) is 8.42 Å². The van der Waals surface area contributed by atoms with E-state index in [4.69, 9.17) is 5.11 Å². The van der Waals surface area contributed by atoms with E-state index in [9.17, 15) is 23.3 Å². The highest BCUT2D eigenvalue weighted by molar-refractivity contribution is 7.89. The zero-order chi connectivity index (χ0) is 17.5. The molecule has 1 fully saturated rings. The van der Waals surface area contributed by atoms with Crippen molar-refractivity contribution < 1.29 is 23.2 Å². The van der Waals surface area contributed by atoms with E-state index in [0.29, 0.717) is 0 Å². The lowest BCUT2D eigenvalue weighted by Gasteiger charge is -2.18. The number of nitro benzene ring substituents is 1. The SMILES string of the molecule is Cc1ccc(C)c(S(=O)(=O)N2C[C@@H](C)[C@H](C(=O)O)C2)c1[N+](=O)[O-]. The lowest BCUT2D eigenvalue weighted by atomic mass is 9.99. The predicted octanol–water partition coefficient (Wildman–Crippen LogP) is 1.55. The minimum absolute atomic E-state index is 0.0316. The Labute approximate surface area is 133 Å². The molecule has 23 heavy (non-hydrogen) atoms. The van der Waals surface area contributed by atoms with Crippen molar-refractivity contribution in [1.82, 2.24) is 4.31 Å². The number of hydrogen-bond acceptors (Lipinski definition) is 5. The van der Waals surface area contributed by atoms with E-state index in [1.165, 1.54) is 26.0 Å². The Balaban J connectivity index is 2.56. The fourth-order valence-electron chi connectivity index (χ4n) is 2.89. The molecule has 126 valence electrons. The molecule has 1 heterocycles. The molecule has 9 heteroatoms.